The molecule has 0 amide bonds. The van der Waals surface area contributed by atoms with E-state index in [-0.39, 0.29) is 45.3 Å². The number of hydrogen-bond acceptors (Lipinski definition) is 7. The standard InChI is InChI=1S/C24H22Cl2N2O6/c1-13(2)17-11-20(27-28(23(17)30)12-14-5-7-16(32-3)8-6-14)34-22-18(25)9-15(10-19(22)26)21(29)24(31)33-4/h5-11,13H,12H2,1-4H3. The van der Waals surface area contributed by atoms with Crippen LogP contribution in [0.1, 0.15) is 41.3 Å². The molecule has 0 radical (unpaired) electrons. The number of aromatic nitrogens is 2. The molecule has 0 bridgehead atoms. The zero-order chi connectivity index (χ0) is 25.0. The van der Waals surface area contributed by atoms with E-state index >= 15 is 0 Å². The Bertz CT molecular complexity index is 1260. The van der Waals surface area contributed by atoms with E-state index in [1.165, 1.54) is 22.9 Å². The Morgan fingerprint density at radius 1 is 1.03 bits per heavy atom. The first-order valence-electron chi connectivity index (χ1n) is 10.2. The summed E-state index contributed by atoms with van der Waals surface area (Å²) < 4.78 is 16.7. The highest BCUT2D eigenvalue weighted by Gasteiger charge is 2.22. The highest BCUT2D eigenvalue weighted by molar-refractivity contribution is 6.43. The summed E-state index contributed by atoms with van der Waals surface area (Å²) in [5.41, 5.74) is 1.02. The summed E-state index contributed by atoms with van der Waals surface area (Å²) in [6, 6.07) is 11.3. The summed E-state index contributed by atoms with van der Waals surface area (Å²) in [5.74, 6) is -1.23. The summed E-state index contributed by atoms with van der Waals surface area (Å²) >= 11 is 12.6. The molecule has 0 saturated heterocycles. The average molecular weight is 505 g/mol. The van der Waals surface area contributed by atoms with E-state index in [9.17, 15) is 14.4 Å². The molecule has 1 heterocycles. The molecule has 0 aliphatic heterocycles. The lowest BCUT2D eigenvalue weighted by Crippen LogP contribution is -2.27. The van der Waals surface area contributed by atoms with E-state index in [1.54, 1.807) is 19.2 Å². The zero-order valence-electron chi connectivity index (χ0n) is 18.9. The molecular weight excluding hydrogens is 483 g/mol. The smallest absolute Gasteiger partial charge is 0.379 e. The van der Waals surface area contributed by atoms with Gasteiger partial charge in [-0.2, -0.15) is 0 Å². The Labute approximate surface area is 206 Å². The quantitative estimate of drug-likeness (QED) is 0.245. The Hall–Kier alpha value is -3.36. The summed E-state index contributed by atoms with van der Waals surface area (Å²) in [7, 11) is 2.67. The molecule has 0 spiro atoms. The molecule has 8 nitrogen and oxygen atoms in total. The fourth-order valence-corrected chi connectivity index (χ4v) is 3.68. The summed E-state index contributed by atoms with van der Waals surface area (Å²) in [5, 5.41) is 4.30. The molecule has 0 fully saturated rings. The van der Waals surface area contributed by atoms with Crippen molar-refractivity contribution in [3.63, 3.8) is 0 Å². The van der Waals surface area contributed by atoms with Gasteiger partial charge in [-0.15, -0.1) is 5.10 Å². The van der Waals surface area contributed by atoms with Gasteiger partial charge in [-0.25, -0.2) is 9.48 Å². The van der Waals surface area contributed by atoms with Crippen LogP contribution in [0, 0.1) is 0 Å². The fraction of sp³-hybridized carbons (Fsp3) is 0.250. The van der Waals surface area contributed by atoms with Crippen molar-refractivity contribution in [3.8, 4) is 17.4 Å². The molecule has 0 N–H and O–H groups in total. The van der Waals surface area contributed by atoms with Crippen molar-refractivity contribution < 1.29 is 23.8 Å². The van der Waals surface area contributed by atoms with Crippen molar-refractivity contribution in [2.75, 3.05) is 14.2 Å². The second-order valence-electron chi connectivity index (χ2n) is 7.60. The number of carbonyl (C=O) groups is 2. The van der Waals surface area contributed by atoms with Crippen LogP contribution < -0.4 is 15.0 Å². The predicted octanol–water partition coefficient (Wildman–Crippen LogP) is 4.88. The molecule has 0 aliphatic rings. The lowest BCUT2D eigenvalue weighted by Gasteiger charge is -2.15. The van der Waals surface area contributed by atoms with Crippen molar-refractivity contribution in [3.05, 3.63) is 79.6 Å². The number of carbonyl (C=O) groups excluding carboxylic acids is 2. The van der Waals surface area contributed by atoms with Gasteiger partial charge in [-0.3, -0.25) is 9.59 Å². The second kappa shape index (κ2) is 10.7. The van der Waals surface area contributed by atoms with Crippen LogP contribution in [0.4, 0.5) is 0 Å². The number of methoxy groups -OCH3 is 2. The van der Waals surface area contributed by atoms with E-state index in [1.807, 2.05) is 26.0 Å². The monoisotopic (exact) mass is 504 g/mol. The van der Waals surface area contributed by atoms with Crippen molar-refractivity contribution in [1.82, 2.24) is 9.78 Å². The molecule has 10 heteroatoms. The number of benzene rings is 2. The Morgan fingerprint density at radius 2 is 1.65 bits per heavy atom. The number of rotatable bonds is 8. The third kappa shape index (κ3) is 5.58. The van der Waals surface area contributed by atoms with Gasteiger partial charge in [0, 0.05) is 17.2 Å². The van der Waals surface area contributed by atoms with E-state index in [2.05, 4.69) is 9.84 Å². The van der Waals surface area contributed by atoms with Gasteiger partial charge >= 0.3 is 5.97 Å². The normalized spacial score (nSPS) is 10.8. The molecule has 3 aromatic rings. The first kappa shape index (κ1) is 25.3. The van der Waals surface area contributed by atoms with Crippen LogP contribution in [0.25, 0.3) is 0 Å². The largest absolute Gasteiger partial charge is 0.497 e. The first-order valence-corrected chi connectivity index (χ1v) is 10.9. The maximum atomic E-state index is 13.0. The highest BCUT2D eigenvalue weighted by atomic mass is 35.5. The van der Waals surface area contributed by atoms with E-state index in [0.29, 0.717) is 11.3 Å². The Balaban J connectivity index is 1.99. The maximum absolute atomic E-state index is 13.0. The molecule has 0 unspecified atom stereocenters. The van der Waals surface area contributed by atoms with Crippen molar-refractivity contribution in [1.29, 1.82) is 0 Å². The lowest BCUT2D eigenvalue weighted by molar-refractivity contribution is -0.135. The number of hydrogen-bond donors (Lipinski definition) is 0. The Kier molecular flexibility index (Phi) is 7.96. The van der Waals surface area contributed by atoms with E-state index < -0.39 is 11.8 Å². The number of ether oxygens (including phenoxy) is 3. The van der Waals surface area contributed by atoms with Crippen molar-refractivity contribution in [2.24, 2.45) is 0 Å². The minimum Gasteiger partial charge on any atom is -0.497 e. The van der Waals surface area contributed by atoms with Crippen molar-refractivity contribution >= 4 is 35.0 Å². The average Bonchev–Trinajstić information content (AvgIpc) is 2.82. The number of halogens is 2. The molecule has 2 aromatic carbocycles. The molecule has 34 heavy (non-hydrogen) atoms. The van der Waals surface area contributed by atoms with Crippen molar-refractivity contribution in [2.45, 2.75) is 26.3 Å². The summed E-state index contributed by atoms with van der Waals surface area (Å²) in [6.07, 6.45) is 0. The molecule has 178 valence electrons. The van der Waals surface area contributed by atoms with Crippen LogP contribution in [0.2, 0.25) is 10.0 Å². The maximum Gasteiger partial charge on any atom is 0.379 e. The van der Waals surface area contributed by atoms with Gasteiger partial charge in [0.15, 0.2) is 5.75 Å². The molecule has 1 aromatic heterocycles. The van der Waals surface area contributed by atoms with Gasteiger partial charge in [-0.05, 0) is 35.7 Å². The van der Waals surface area contributed by atoms with Crippen LogP contribution in [-0.4, -0.2) is 35.8 Å². The van der Waals surface area contributed by atoms with Crippen LogP contribution in [0.3, 0.4) is 0 Å². The predicted molar refractivity (Wildman–Crippen MR) is 128 cm³/mol. The van der Waals surface area contributed by atoms with Gasteiger partial charge in [0.2, 0.25) is 5.88 Å². The van der Waals surface area contributed by atoms with Gasteiger partial charge in [0.05, 0.1) is 30.8 Å². The lowest BCUT2D eigenvalue weighted by atomic mass is 10.1. The third-order valence-electron chi connectivity index (χ3n) is 4.93. The minimum absolute atomic E-state index is 0.0134. The van der Waals surface area contributed by atoms with E-state index in [0.717, 1.165) is 12.7 Å². The molecule has 0 atom stereocenters. The second-order valence-corrected chi connectivity index (χ2v) is 8.41. The zero-order valence-corrected chi connectivity index (χ0v) is 20.4. The van der Waals surface area contributed by atoms with Gasteiger partial charge in [0.1, 0.15) is 5.75 Å². The van der Waals surface area contributed by atoms with Crippen LogP contribution in [0.5, 0.6) is 17.4 Å². The summed E-state index contributed by atoms with van der Waals surface area (Å²) in [4.78, 5) is 36.6. The Morgan fingerprint density at radius 3 is 2.18 bits per heavy atom. The fourth-order valence-electron chi connectivity index (χ4n) is 3.12. The molecular formula is C24H22Cl2N2O6. The molecule has 3 rings (SSSR count). The number of Topliss-reactive ketones (excluding diaryl/α,β-unsaturated/α-hetero) is 1. The molecule has 0 aliphatic carbocycles. The van der Waals surface area contributed by atoms with Gasteiger partial charge in [0.25, 0.3) is 11.3 Å². The third-order valence-corrected chi connectivity index (χ3v) is 5.49. The number of esters is 1. The van der Waals surface area contributed by atoms with Crippen LogP contribution >= 0.6 is 23.2 Å². The highest BCUT2D eigenvalue weighted by Crippen LogP contribution is 2.37. The number of nitrogens with zero attached hydrogens (tertiary/aromatic N) is 2. The van der Waals surface area contributed by atoms with Crippen LogP contribution in [0.15, 0.2) is 47.3 Å². The SMILES string of the molecule is COC(=O)C(=O)c1cc(Cl)c(Oc2cc(C(C)C)c(=O)n(Cc3ccc(OC)cc3)n2)c(Cl)c1. The van der Waals surface area contributed by atoms with Gasteiger partial charge in [-0.1, -0.05) is 49.2 Å². The number of ketones is 1. The first-order chi connectivity index (χ1) is 16.1. The topological polar surface area (TPSA) is 96.7 Å². The summed E-state index contributed by atoms with van der Waals surface area (Å²) in [6.45, 7) is 3.96. The van der Waals surface area contributed by atoms with Gasteiger partial charge < -0.3 is 14.2 Å². The molecule has 0 saturated carbocycles. The minimum atomic E-state index is -1.05. The van der Waals surface area contributed by atoms with Crippen LogP contribution in [-0.2, 0) is 16.1 Å². The van der Waals surface area contributed by atoms with E-state index in [4.69, 9.17) is 32.7 Å².